The van der Waals surface area contributed by atoms with E-state index in [2.05, 4.69) is 43.0 Å². The van der Waals surface area contributed by atoms with Crippen molar-refractivity contribution in [2.24, 2.45) is 0 Å². The van der Waals surface area contributed by atoms with Crippen molar-refractivity contribution in [2.75, 3.05) is 19.7 Å². The summed E-state index contributed by atoms with van der Waals surface area (Å²) in [4.78, 5) is 17.7. The summed E-state index contributed by atoms with van der Waals surface area (Å²) >= 11 is 0. The molecule has 0 bridgehead atoms. The van der Waals surface area contributed by atoms with E-state index in [-0.39, 0.29) is 30.4 Å². The van der Waals surface area contributed by atoms with Gasteiger partial charge in [0.15, 0.2) is 6.61 Å². The standard InChI is InChI=1S/C33H33FN2O2/c1-24-21-36(25(2)20-35(24)22-26-16-18-29(34)19-17-26)32(37)23-38-33-30(27-10-5-3-6-11-27)14-9-15-31(33)28-12-7-4-8-13-28/h3-19,24-25H,20-23H2,1-2H3/t24-,25+/m0/s1. The van der Waals surface area contributed by atoms with Gasteiger partial charge < -0.3 is 9.64 Å². The van der Waals surface area contributed by atoms with Crippen molar-refractivity contribution >= 4 is 5.91 Å². The molecule has 0 radical (unpaired) electrons. The van der Waals surface area contributed by atoms with Crippen LogP contribution in [0.2, 0.25) is 0 Å². The van der Waals surface area contributed by atoms with Crippen LogP contribution in [0.3, 0.4) is 0 Å². The van der Waals surface area contributed by atoms with E-state index < -0.39 is 0 Å². The van der Waals surface area contributed by atoms with Gasteiger partial charge in [-0.2, -0.15) is 0 Å². The molecule has 1 fully saturated rings. The topological polar surface area (TPSA) is 32.8 Å². The average molecular weight is 509 g/mol. The van der Waals surface area contributed by atoms with Crippen molar-refractivity contribution in [3.63, 3.8) is 0 Å². The van der Waals surface area contributed by atoms with Gasteiger partial charge in [0.05, 0.1) is 0 Å². The Labute approximate surface area is 224 Å². The molecule has 194 valence electrons. The van der Waals surface area contributed by atoms with Gasteiger partial charge in [0.1, 0.15) is 11.6 Å². The molecular weight excluding hydrogens is 475 g/mol. The summed E-state index contributed by atoms with van der Waals surface area (Å²) in [6.45, 7) is 6.29. The number of carbonyl (C=O) groups is 1. The van der Waals surface area contributed by atoms with E-state index in [9.17, 15) is 9.18 Å². The third kappa shape index (κ3) is 5.79. The Kier molecular flexibility index (Phi) is 7.85. The minimum absolute atomic E-state index is 0.0207. The Balaban J connectivity index is 1.32. The average Bonchev–Trinajstić information content (AvgIpc) is 2.95. The van der Waals surface area contributed by atoms with Gasteiger partial charge in [-0.3, -0.25) is 9.69 Å². The van der Waals surface area contributed by atoms with Gasteiger partial charge in [-0.25, -0.2) is 4.39 Å². The molecule has 1 aliphatic heterocycles. The van der Waals surface area contributed by atoms with Crippen molar-refractivity contribution in [2.45, 2.75) is 32.5 Å². The highest BCUT2D eigenvalue weighted by Gasteiger charge is 2.32. The molecule has 2 atom stereocenters. The molecule has 5 rings (SSSR count). The van der Waals surface area contributed by atoms with Crippen molar-refractivity contribution in [1.82, 2.24) is 9.80 Å². The number of hydrogen-bond acceptors (Lipinski definition) is 3. The molecule has 0 spiro atoms. The Morgan fingerprint density at radius 2 is 1.34 bits per heavy atom. The molecule has 1 saturated heterocycles. The van der Waals surface area contributed by atoms with Crippen LogP contribution in [-0.2, 0) is 11.3 Å². The maximum atomic E-state index is 13.5. The fourth-order valence-electron chi connectivity index (χ4n) is 5.19. The second-order valence-corrected chi connectivity index (χ2v) is 10.0. The molecule has 0 saturated carbocycles. The zero-order chi connectivity index (χ0) is 26.5. The fourth-order valence-corrected chi connectivity index (χ4v) is 5.19. The highest BCUT2D eigenvalue weighted by Crippen LogP contribution is 2.39. The van der Waals surface area contributed by atoms with E-state index in [4.69, 9.17) is 4.74 Å². The lowest BCUT2D eigenvalue weighted by Gasteiger charge is -2.44. The van der Waals surface area contributed by atoms with Crippen LogP contribution in [0.1, 0.15) is 19.4 Å². The number of para-hydroxylation sites is 1. The highest BCUT2D eigenvalue weighted by molar-refractivity contribution is 5.84. The lowest BCUT2D eigenvalue weighted by Crippen LogP contribution is -2.58. The van der Waals surface area contributed by atoms with Gasteiger partial charge in [-0.05, 0) is 42.7 Å². The molecular formula is C33H33FN2O2. The zero-order valence-corrected chi connectivity index (χ0v) is 21.9. The smallest absolute Gasteiger partial charge is 0.260 e. The van der Waals surface area contributed by atoms with Crippen LogP contribution < -0.4 is 4.74 Å². The first kappa shape index (κ1) is 25.7. The fraction of sp³-hybridized carbons (Fsp3) is 0.242. The molecule has 1 aliphatic rings. The normalized spacial score (nSPS) is 17.8. The molecule has 0 aliphatic carbocycles. The summed E-state index contributed by atoms with van der Waals surface area (Å²) < 4.78 is 19.7. The number of benzene rings is 4. The molecule has 4 aromatic rings. The van der Waals surface area contributed by atoms with Crippen LogP contribution in [0.25, 0.3) is 22.3 Å². The van der Waals surface area contributed by atoms with Gasteiger partial charge in [0, 0.05) is 42.8 Å². The minimum atomic E-state index is -0.227. The number of halogens is 1. The highest BCUT2D eigenvalue weighted by atomic mass is 19.1. The number of rotatable bonds is 7. The van der Waals surface area contributed by atoms with Gasteiger partial charge >= 0.3 is 0 Å². The van der Waals surface area contributed by atoms with Crippen LogP contribution in [0.5, 0.6) is 5.75 Å². The van der Waals surface area contributed by atoms with Gasteiger partial charge in [0.2, 0.25) is 0 Å². The summed E-state index contributed by atoms with van der Waals surface area (Å²) in [5.74, 6) is 0.469. The Morgan fingerprint density at radius 1 is 0.763 bits per heavy atom. The van der Waals surface area contributed by atoms with E-state index >= 15 is 0 Å². The van der Waals surface area contributed by atoms with Gasteiger partial charge in [-0.1, -0.05) is 91.0 Å². The van der Waals surface area contributed by atoms with Crippen LogP contribution in [0, 0.1) is 5.82 Å². The third-order valence-electron chi connectivity index (χ3n) is 7.26. The second kappa shape index (κ2) is 11.6. The Hall–Kier alpha value is -3.96. The lowest BCUT2D eigenvalue weighted by atomic mass is 9.97. The summed E-state index contributed by atoms with van der Waals surface area (Å²) in [7, 11) is 0. The predicted octanol–water partition coefficient (Wildman–Crippen LogP) is 6.66. The molecule has 1 heterocycles. The van der Waals surface area contributed by atoms with Crippen molar-refractivity contribution in [3.8, 4) is 28.0 Å². The third-order valence-corrected chi connectivity index (χ3v) is 7.26. The molecule has 5 heteroatoms. The van der Waals surface area contributed by atoms with Crippen LogP contribution in [0.4, 0.5) is 4.39 Å². The Bertz CT molecular complexity index is 1300. The number of carbonyl (C=O) groups excluding carboxylic acids is 1. The summed E-state index contributed by atoms with van der Waals surface area (Å²) in [5.41, 5.74) is 5.09. The SMILES string of the molecule is C[C@@H]1CN(Cc2ccc(F)cc2)[C@@H](C)CN1C(=O)COc1c(-c2ccccc2)cccc1-c1ccccc1. The monoisotopic (exact) mass is 508 g/mol. The zero-order valence-electron chi connectivity index (χ0n) is 21.9. The molecule has 0 unspecified atom stereocenters. The summed E-state index contributed by atoms with van der Waals surface area (Å²) in [6, 6.07) is 33.2. The second-order valence-electron chi connectivity index (χ2n) is 10.0. The maximum Gasteiger partial charge on any atom is 0.260 e. The summed E-state index contributed by atoms with van der Waals surface area (Å²) in [6.07, 6.45) is 0. The number of amides is 1. The van der Waals surface area contributed by atoms with E-state index in [0.29, 0.717) is 12.3 Å². The lowest BCUT2D eigenvalue weighted by molar-refractivity contribution is -0.139. The number of ether oxygens (including phenoxy) is 1. The number of piperazine rings is 1. The predicted molar refractivity (Wildman–Crippen MR) is 150 cm³/mol. The van der Waals surface area contributed by atoms with Crippen molar-refractivity contribution in [1.29, 1.82) is 0 Å². The van der Waals surface area contributed by atoms with Crippen molar-refractivity contribution < 1.29 is 13.9 Å². The number of hydrogen-bond donors (Lipinski definition) is 0. The first-order valence-corrected chi connectivity index (χ1v) is 13.1. The minimum Gasteiger partial charge on any atom is -0.482 e. The first-order valence-electron chi connectivity index (χ1n) is 13.1. The van der Waals surface area contributed by atoms with E-state index in [1.165, 1.54) is 12.1 Å². The molecule has 4 nitrogen and oxygen atoms in total. The van der Waals surface area contributed by atoms with E-state index in [0.717, 1.165) is 40.9 Å². The largest absolute Gasteiger partial charge is 0.482 e. The van der Waals surface area contributed by atoms with Crippen molar-refractivity contribution in [3.05, 3.63) is 115 Å². The molecule has 4 aromatic carbocycles. The van der Waals surface area contributed by atoms with E-state index in [1.54, 1.807) is 0 Å². The first-order chi connectivity index (χ1) is 18.5. The van der Waals surface area contributed by atoms with Crippen LogP contribution in [0.15, 0.2) is 103 Å². The molecule has 38 heavy (non-hydrogen) atoms. The van der Waals surface area contributed by atoms with E-state index in [1.807, 2.05) is 71.6 Å². The van der Waals surface area contributed by atoms with Gasteiger partial charge in [0.25, 0.3) is 5.91 Å². The quantitative estimate of drug-likeness (QED) is 0.280. The number of nitrogens with zero attached hydrogens (tertiary/aromatic N) is 2. The van der Waals surface area contributed by atoms with Crippen LogP contribution in [-0.4, -0.2) is 47.5 Å². The van der Waals surface area contributed by atoms with Crippen LogP contribution >= 0.6 is 0 Å². The maximum absolute atomic E-state index is 13.5. The molecule has 1 amide bonds. The Morgan fingerprint density at radius 3 is 1.92 bits per heavy atom. The summed E-state index contributed by atoms with van der Waals surface area (Å²) in [5, 5.41) is 0. The molecule has 0 N–H and O–H groups in total. The van der Waals surface area contributed by atoms with Gasteiger partial charge in [-0.15, -0.1) is 0 Å². The molecule has 0 aromatic heterocycles.